The molecule has 92 valence electrons. The van der Waals surface area contributed by atoms with Crippen LogP contribution in [0.15, 0.2) is 35.9 Å². The van der Waals surface area contributed by atoms with E-state index in [0.717, 1.165) is 30.4 Å². The Kier molecular flexibility index (Phi) is 3.90. The van der Waals surface area contributed by atoms with Crippen molar-refractivity contribution in [3.8, 4) is 0 Å². The molecule has 0 aliphatic heterocycles. The maximum absolute atomic E-state index is 10.8. The molecule has 1 unspecified atom stereocenters. The van der Waals surface area contributed by atoms with Crippen molar-refractivity contribution in [2.45, 2.75) is 44.6 Å². The van der Waals surface area contributed by atoms with E-state index in [0.29, 0.717) is 5.02 Å². The van der Waals surface area contributed by atoms with Crippen LogP contribution in [0.4, 0.5) is 0 Å². The molecule has 2 rings (SSSR count). The summed E-state index contributed by atoms with van der Waals surface area (Å²) in [7, 11) is 0. The minimum absolute atomic E-state index is 0.641. The van der Waals surface area contributed by atoms with Crippen molar-refractivity contribution < 1.29 is 5.11 Å². The predicted molar refractivity (Wildman–Crippen MR) is 72.2 cm³/mol. The van der Waals surface area contributed by atoms with Gasteiger partial charge < -0.3 is 5.11 Å². The lowest BCUT2D eigenvalue weighted by Gasteiger charge is -2.28. The molecule has 1 nitrogen and oxygen atoms in total. The zero-order valence-corrected chi connectivity index (χ0v) is 11.0. The summed E-state index contributed by atoms with van der Waals surface area (Å²) in [5, 5.41) is 11.4. The Hall–Kier alpha value is -0.790. The molecule has 0 bridgehead atoms. The number of hydrogen-bond donors (Lipinski definition) is 1. The zero-order chi connectivity index (χ0) is 12.3. The van der Waals surface area contributed by atoms with Gasteiger partial charge in [-0.2, -0.15) is 0 Å². The molecule has 1 N–H and O–H groups in total. The van der Waals surface area contributed by atoms with Crippen LogP contribution in [0, 0.1) is 0 Å². The van der Waals surface area contributed by atoms with Crippen LogP contribution in [0.1, 0.15) is 44.6 Å². The Morgan fingerprint density at radius 3 is 2.71 bits per heavy atom. The molecule has 1 aromatic rings. The molecular formula is C15H19ClO. The molecule has 0 amide bonds. The van der Waals surface area contributed by atoms with E-state index >= 15 is 0 Å². The molecule has 0 fully saturated rings. The van der Waals surface area contributed by atoms with E-state index in [1.54, 1.807) is 0 Å². The van der Waals surface area contributed by atoms with Crippen molar-refractivity contribution >= 4 is 11.6 Å². The molecular weight excluding hydrogens is 232 g/mol. The van der Waals surface area contributed by atoms with E-state index in [-0.39, 0.29) is 0 Å². The minimum Gasteiger partial charge on any atom is -0.381 e. The fourth-order valence-electron chi connectivity index (χ4n) is 2.49. The summed E-state index contributed by atoms with van der Waals surface area (Å²) < 4.78 is 0. The van der Waals surface area contributed by atoms with Crippen LogP contribution in [0.2, 0.25) is 5.02 Å². The molecule has 1 aliphatic rings. The van der Waals surface area contributed by atoms with Crippen molar-refractivity contribution in [1.29, 1.82) is 0 Å². The van der Waals surface area contributed by atoms with Gasteiger partial charge in [-0.25, -0.2) is 0 Å². The average Bonchev–Trinajstić information content (AvgIpc) is 2.58. The van der Waals surface area contributed by atoms with Crippen LogP contribution in [-0.2, 0) is 5.60 Å². The number of hydrogen-bond acceptors (Lipinski definition) is 1. The predicted octanol–water partition coefficient (Wildman–Crippen LogP) is 4.44. The highest BCUT2D eigenvalue weighted by molar-refractivity contribution is 6.31. The third-order valence-corrected chi connectivity index (χ3v) is 3.89. The Labute approximate surface area is 108 Å². The second-order valence-corrected chi connectivity index (χ2v) is 5.29. The number of halogens is 1. The van der Waals surface area contributed by atoms with Gasteiger partial charge in [0.2, 0.25) is 0 Å². The van der Waals surface area contributed by atoms with Crippen molar-refractivity contribution in [2.75, 3.05) is 0 Å². The Morgan fingerprint density at radius 2 is 1.94 bits per heavy atom. The van der Waals surface area contributed by atoms with Crippen molar-refractivity contribution in [2.24, 2.45) is 0 Å². The van der Waals surface area contributed by atoms with Gasteiger partial charge in [0.15, 0.2) is 0 Å². The van der Waals surface area contributed by atoms with Crippen LogP contribution in [0.5, 0.6) is 0 Å². The van der Waals surface area contributed by atoms with Gasteiger partial charge in [0, 0.05) is 10.6 Å². The first-order valence-electron chi connectivity index (χ1n) is 6.29. The number of allylic oxidation sites excluding steroid dienone is 1. The average molecular weight is 251 g/mol. The van der Waals surface area contributed by atoms with E-state index < -0.39 is 5.60 Å². The maximum atomic E-state index is 10.8. The Morgan fingerprint density at radius 1 is 1.18 bits per heavy atom. The first-order chi connectivity index (χ1) is 8.12. The number of benzene rings is 1. The summed E-state index contributed by atoms with van der Waals surface area (Å²) in [6.45, 7) is 1.85. The van der Waals surface area contributed by atoms with Gasteiger partial charge in [0.25, 0.3) is 0 Å². The summed E-state index contributed by atoms with van der Waals surface area (Å²) in [4.78, 5) is 0. The highest BCUT2D eigenvalue weighted by atomic mass is 35.5. The molecule has 17 heavy (non-hydrogen) atoms. The van der Waals surface area contributed by atoms with Crippen LogP contribution >= 0.6 is 11.6 Å². The maximum Gasteiger partial charge on any atom is 0.109 e. The van der Waals surface area contributed by atoms with Crippen molar-refractivity contribution in [1.82, 2.24) is 0 Å². The summed E-state index contributed by atoms with van der Waals surface area (Å²) in [6, 6.07) is 7.56. The number of aliphatic hydroxyl groups is 1. The highest BCUT2D eigenvalue weighted by Crippen LogP contribution is 2.37. The van der Waals surface area contributed by atoms with Gasteiger partial charge in [-0.1, -0.05) is 42.3 Å². The fourth-order valence-corrected chi connectivity index (χ4v) is 2.81. The normalized spacial score (nSPS) is 20.3. The minimum atomic E-state index is -0.928. The third kappa shape index (κ3) is 2.72. The molecule has 0 saturated carbocycles. The molecule has 1 aliphatic carbocycles. The molecule has 1 atom stereocenters. The van der Waals surface area contributed by atoms with Crippen molar-refractivity contribution in [3.63, 3.8) is 0 Å². The van der Waals surface area contributed by atoms with Gasteiger partial charge in [-0.15, -0.1) is 0 Å². The summed E-state index contributed by atoms with van der Waals surface area (Å²) in [5.41, 5.74) is 1.00. The lowest BCUT2D eigenvalue weighted by atomic mass is 9.85. The lowest BCUT2D eigenvalue weighted by molar-refractivity contribution is 0.0933. The van der Waals surface area contributed by atoms with Crippen LogP contribution < -0.4 is 0 Å². The second-order valence-electron chi connectivity index (χ2n) is 4.88. The van der Waals surface area contributed by atoms with Crippen molar-refractivity contribution in [3.05, 3.63) is 46.5 Å². The second kappa shape index (κ2) is 5.24. The smallest absolute Gasteiger partial charge is 0.109 e. The van der Waals surface area contributed by atoms with Crippen LogP contribution in [0.25, 0.3) is 0 Å². The van der Waals surface area contributed by atoms with E-state index in [2.05, 4.69) is 6.08 Å². The summed E-state index contributed by atoms with van der Waals surface area (Å²) >= 11 is 6.18. The molecule has 0 spiro atoms. The highest BCUT2D eigenvalue weighted by Gasteiger charge is 2.29. The van der Waals surface area contributed by atoms with E-state index in [1.807, 2.05) is 31.2 Å². The SMILES string of the molecule is CC(O)(C1=CCCCCC1)c1ccccc1Cl. The molecule has 2 heteroatoms. The largest absolute Gasteiger partial charge is 0.381 e. The number of rotatable bonds is 2. The Bertz CT molecular complexity index is 421. The summed E-state index contributed by atoms with van der Waals surface area (Å²) in [6.07, 6.45) is 7.86. The van der Waals surface area contributed by atoms with E-state index in [9.17, 15) is 5.11 Å². The fraction of sp³-hybridized carbons (Fsp3) is 0.467. The zero-order valence-electron chi connectivity index (χ0n) is 10.2. The van der Waals surface area contributed by atoms with Gasteiger partial charge in [0.1, 0.15) is 5.60 Å². The van der Waals surface area contributed by atoms with Gasteiger partial charge in [0.05, 0.1) is 0 Å². The third-order valence-electron chi connectivity index (χ3n) is 3.56. The summed E-state index contributed by atoms with van der Waals surface area (Å²) in [5.74, 6) is 0. The van der Waals surface area contributed by atoms with Gasteiger partial charge in [-0.3, -0.25) is 0 Å². The van der Waals surface area contributed by atoms with Crippen LogP contribution in [-0.4, -0.2) is 5.11 Å². The first-order valence-corrected chi connectivity index (χ1v) is 6.67. The standard InChI is InChI=1S/C15H19ClO/c1-15(17,12-8-4-2-3-5-9-12)13-10-6-7-11-14(13)16/h6-8,10-11,17H,2-5,9H2,1H3. The lowest BCUT2D eigenvalue weighted by Crippen LogP contribution is -2.24. The molecule has 0 radical (unpaired) electrons. The monoisotopic (exact) mass is 250 g/mol. The molecule has 0 saturated heterocycles. The van der Waals surface area contributed by atoms with E-state index in [1.165, 1.54) is 12.8 Å². The van der Waals surface area contributed by atoms with Crippen LogP contribution in [0.3, 0.4) is 0 Å². The molecule has 1 aromatic carbocycles. The van der Waals surface area contributed by atoms with E-state index in [4.69, 9.17) is 11.6 Å². The molecule has 0 heterocycles. The Balaban J connectivity index is 2.35. The quantitative estimate of drug-likeness (QED) is 0.770. The first kappa shape index (κ1) is 12.7. The van der Waals surface area contributed by atoms with Gasteiger partial charge in [-0.05, 0) is 44.2 Å². The van der Waals surface area contributed by atoms with Gasteiger partial charge >= 0.3 is 0 Å². The molecule has 0 aromatic heterocycles. The topological polar surface area (TPSA) is 20.2 Å².